The number of hydrogen-bond donors (Lipinski definition) is 1. The van der Waals surface area contributed by atoms with Crippen molar-refractivity contribution in [3.8, 4) is 0 Å². The summed E-state index contributed by atoms with van der Waals surface area (Å²) in [6.45, 7) is 24.5. The number of hydrogen-bond acceptors (Lipinski definition) is 1. The van der Waals surface area contributed by atoms with Gasteiger partial charge in [0.2, 0.25) is 0 Å². The van der Waals surface area contributed by atoms with E-state index >= 15 is 0 Å². The molecule has 1 nitrogen and oxygen atoms in total. The van der Waals surface area contributed by atoms with Crippen LogP contribution in [0.1, 0.15) is 95.4 Å². The van der Waals surface area contributed by atoms with Crippen LogP contribution in [-0.2, 0) is 0 Å². The Bertz CT molecular complexity index is 1270. The number of aliphatic hydroxyl groups excluding tert-OH is 1. The molecule has 1 N–H and O–H groups in total. The molecule has 0 spiro atoms. The summed E-state index contributed by atoms with van der Waals surface area (Å²) in [4.78, 5) is 0. The maximum atomic E-state index is 10.1. The molecule has 0 aromatic rings. The predicted octanol–water partition coefficient (Wildman–Crippen LogP) is 11.7. The first-order valence-corrected chi connectivity index (χ1v) is 15.8. The molecule has 2 aliphatic rings. The topological polar surface area (TPSA) is 20.2 Å². The van der Waals surface area contributed by atoms with Crippen LogP contribution in [0.2, 0.25) is 0 Å². The number of allylic oxidation sites excluding steroid dienone is 21. The Morgan fingerprint density at radius 2 is 1.24 bits per heavy atom. The van der Waals surface area contributed by atoms with Crippen molar-refractivity contribution in [1.82, 2.24) is 0 Å². The van der Waals surface area contributed by atoms with Crippen LogP contribution in [-0.4, -0.2) is 11.2 Å². The summed E-state index contributed by atoms with van der Waals surface area (Å²) < 4.78 is 0. The Labute approximate surface area is 259 Å². The Balaban J connectivity index is 1.90. The Kier molecular flexibility index (Phi) is 13.5. The molecule has 0 fully saturated rings. The maximum Gasteiger partial charge on any atom is 0.0585 e. The van der Waals surface area contributed by atoms with Crippen molar-refractivity contribution in [3.05, 3.63) is 130 Å². The lowest BCUT2D eigenvalue weighted by Gasteiger charge is -2.39. The van der Waals surface area contributed by atoms with E-state index < -0.39 is 0 Å². The minimum absolute atomic E-state index is 0.0117. The van der Waals surface area contributed by atoms with Crippen LogP contribution in [0.15, 0.2) is 130 Å². The molecule has 0 saturated carbocycles. The van der Waals surface area contributed by atoms with Crippen LogP contribution in [0.4, 0.5) is 0 Å². The average molecular weight is 567 g/mol. The molecule has 3 atom stereocenters. The normalized spacial score (nSPS) is 26.6. The molecule has 1 heteroatoms. The van der Waals surface area contributed by atoms with Crippen molar-refractivity contribution in [2.75, 3.05) is 0 Å². The predicted molar refractivity (Wildman–Crippen MR) is 187 cm³/mol. The fourth-order valence-corrected chi connectivity index (χ4v) is 6.58. The van der Waals surface area contributed by atoms with Crippen molar-refractivity contribution in [2.24, 2.45) is 22.7 Å². The molecule has 0 bridgehead atoms. The van der Waals surface area contributed by atoms with Crippen LogP contribution in [0, 0.1) is 22.7 Å². The van der Waals surface area contributed by atoms with E-state index in [1.165, 1.54) is 45.4 Å². The third-order valence-corrected chi connectivity index (χ3v) is 8.53. The maximum absolute atomic E-state index is 10.1. The highest BCUT2D eigenvalue weighted by molar-refractivity contribution is 5.38. The second-order valence-corrected chi connectivity index (χ2v) is 14.1. The van der Waals surface area contributed by atoms with E-state index in [1.807, 2.05) is 0 Å². The van der Waals surface area contributed by atoms with Crippen LogP contribution in [0.5, 0.6) is 0 Å². The summed E-state index contributed by atoms with van der Waals surface area (Å²) in [5, 5.41) is 10.1. The monoisotopic (exact) mass is 566 g/mol. The third-order valence-electron chi connectivity index (χ3n) is 8.53. The van der Waals surface area contributed by atoms with Crippen molar-refractivity contribution in [3.63, 3.8) is 0 Å². The Morgan fingerprint density at radius 1 is 0.738 bits per heavy atom. The summed E-state index contributed by atoms with van der Waals surface area (Å²) >= 11 is 0. The lowest BCUT2D eigenvalue weighted by molar-refractivity contribution is 0.116. The van der Waals surface area contributed by atoms with Gasteiger partial charge >= 0.3 is 0 Å². The largest absolute Gasteiger partial charge is 0.393 e. The average Bonchev–Trinajstić information content (AvgIpc) is 2.84. The Morgan fingerprint density at radius 3 is 1.76 bits per heavy atom. The van der Waals surface area contributed by atoms with E-state index in [2.05, 4.69) is 167 Å². The quantitative estimate of drug-likeness (QED) is 0.206. The van der Waals surface area contributed by atoms with Gasteiger partial charge in [0.1, 0.15) is 0 Å². The molecule has 0 amide bonds. The second kappa shape index (κ2) is 16.1. The van der Waals surface area contributed by atoms with E-state index in [4.69, 9.17) is 0 Å². The molecule has 2 unspecified atom stereocenters. The fraction of sp³-hybridized carbons (Fsp3) is 0.463. The van der Waals surface area contributed by atoms with Gasteiger partial charge in [-0.2, -0.15) is 0 Å². The van der Waals surface area contributed by atoms with Crippen molar-refractivity contribution < 1.29 is 5.11 Å². The molecule has 0 radical (unpaired) electrons. The van der Waals surface area contributed by atoms with Crippen molar-refractivity contribution in [2.45, 2.75) is 102 Å². The number of aliphatic hydroxyl groups is 1. The summed E-state index contributed by atoms with van der Waals surface area (Å²) in [6.07, 6.45) is 35.5. The molecule has 2 rings (SSSR count). The highest BCUT2D eigenvalue weighted by atomic mass is 16.3. The minimum atomic E-state index is -0.221. The van der Waals surface area contributed by atoms with Gasteiger partial charge < -0.3 is 5.11 Å². The number of rotatable bonds is 10. The molecule has 42 heavy (non-hydrogen) atoms. The Hall–Kier alpha value is -2.90. The molecule has 0 heterocycles. The second-order valence-electron chi connectivity index (χ2n) is 14.1. The van der Waals surface area contributed by atoms with Crippen molar-refractivity contribution in [1.29, 1.82) is 0 Å². The van der Waals surface area contributed by atoms with E-state index in [-0.39, 0.29) is 11.5 Å². The first-order valence-electron chi connectivity index (χ1n) is 15.8. The van der Waals surface area contributed by atoms with E-state index in [0.717, 1.165) is 12.8 Å². The van der Waals surface area contributed by atoms with Crippen LogP contribution in [0.25, 0.3) is 0 Å². The van der Waals surface area contributed by atoms with Crippen molar-refractivity contribution >= 4 is 0 Å². The van der Waals surface area contributed by atoms with E-state index in [1.54, 1.807) is 0 Å². The van der Waals surface area contributed by atoms with E-state index in [0.29, 0.717) is 17.3 Å². The van der Waals surface area contributed by atoms with Gasteiger partial charge in [0.25, 0.3) is 0 Å². The standard InChI is InChI=1S/C41H58O/c1-30(18-14-20-32(3)22-24-38-35(6)26-34(5)28-40(38,8)9)16-12-13-17-31(2)19-15-21-33(4)23-25-39-36(7)27-37(42)29-41(39,10)11/h12-26,34,37-38,42H,27-29H2,1-11H3/b13-12+,18-14+,19-15+,24-22+,25-23+,30-16+,31-17+,32-20+,33-21+/t34-,37?,38?/m0/s1. The summed E-state index contributed by atoms with van der Waals surface area (Å²) in [7, 11) is 0. The van der Waals surface area contributed by atoms with Gasteiger partial charge in [0, 0.05) is 5.92 Å². The zero-order valence-corrected chi connectivity index (χ0v) is 28.5. The van der Waals surface area contributed by atoms with Gasteiger partial charge in [-0.25, -0.2) is 0 Å². The molecule has 0 aliphatic heterocycles. The third kappa shape index (κ3) is 11.8. The molecule has 2 aliphatic carbocycles. The first kappa shape index (κ1) is 35.3. The zero-order valence-electron chi connectivity index (χ0n) is 28.5. The highest BCUT2D eigenvalue weighted by Gasteiger charge is 2.33. The fourth-order valence-electron chi connectivity index (χ4n) is 6.58. The SMILES string of the molecule is CC1=C[C@H](C)CC(C)(C)C1/C=C/C(C)=C/C=C/C(C)=C/C=C/C=C(C)/C=C/C=C(C)/C=C/C1=C(C)CC(O)CC1(C)C. The van der Waals surface area contributed by atoms with Crippen LogP contribution >= 0.6 is 0 Å². The van der Waals surface area contributed by atoms with Gasteiger partial charge in [-0.3, -0.25) is 0 Å². The van der Waals surface area contributed by atoms with Gasteiger partial charge in [-0.1, -0.05) is 159 Å². The van der Waals surface area contributed by atoms with Gasteiger partial charge in [-0.15, -0.1) is 0 Å². The van der Waals surface area contributed by atoms with Gasteiger partial charge in [0.15, 0.2) is 0 Å². The summed E-state index contributed by atoms with van der Waals surface area (Å²) in [6, 6.07) is 0. The minimum Gasteiger partial charge on any atom is -0.393 e. The van der Waals surface area contributed by atoms with Crippen LogP contribution in [0.3, 0.4) is 0 Å². The summed E-state index contributed by atoms with van der Waals surface area (Å²) in [5.41, 5.74) is 9.36. The molecular formula is C41H58O. The van der Waals surface area contributed by atoms with E-state index in [9.17, 15) is 5.11 Å². The highest BCUT2D eigenvalue weighted by Crippen LogP contribution is 2.44. The molecule has 228 valence electrons. The smallest absolute Gasteiger partial charge is 0.0585 e. The molecular weight excluding hydrogens is 508 g/mol. The van der Waals surface area contributed by atoms with Crippen LogP contribution < -0.4 is 0 Å². The first-order chi connectivity index (χ1) is 19.6. The molecule has 0 saturated heterocycles. The van der Waals surface area contributed by atoms with Gasteiger partial charge in [0.05, 0.1) is 6.10 Å². The summed E-state index contributed by atoms with van der Waals surface area (Å²) in [5.74, 6) is 1.18. The molecule has 0 aromatic heterocycles. The lowest BCUT2D eigenvalue weighted by atomic mass is 9.66. The molecule has 0 aromatic carbocycles. The lowest BCUT2D eigenvalue weighted by Crippen LogP contribution is -2.29. The van der Waals surface area contributed by atoms with Gasteiger partial charge in [-0.05, 0) is 83.1 Å². The zero-order chi connectivity index (χ0) is 31.5.